The molecule has 2 aromatic heterocycles. The Morgan fingerprint density at radius 1 is 1.24 bits per heavy atom. The summed E-state index contributed by atoms with van der Waals surface area (Å²) in [6.45, 7) is 0. The topological polar surface area (TPSA) is 60.1 Å². The van der Waals surface area contributed by atoms with E-state index in [0.29, 0.717) is 0 Å². The molecule has 3 aromatic rings. The zero-order valence-corrected chi connectivity index (χ0v) is 8.83. The standard InChI is InChI=1S/C12H9N3O2/c16-12(11-6-3-7-17-11)14-15-8-13-9-4-1-2-5-10(9)15/h1-8H,(H,14,16). The molecule has 5 heteroatoms. The van der Waals surface area contributed by atoms with Gasteiger partial charge in [-0.25, -0.2) is 9.66 Å². The zero-order valence-electron chi connectivity index (χ0n) is 8.83. The summed E-state index contributed by atoms with van der Waals surface area (Å²) in [6, 6.07) is 10.8. The molecule has 0 saturated carbocycles. The number of rotatable bonds is 2. The first-order chi connectivity index (χ1) is 8.34. The number of hydrogen-bond donors (Lipinski definition) is 1. The maximum Gasteiger partial charge on any atom is 0.305 e. The van der Waals surface area contributed by atoms with E-state index in [1.807, 2.05) is 24.3 Å². The number of amides is 1. The molecule has 3 rings (SSSR count). The molecule has 0 fully saturated rings. The molecule has 0 saturated heterocycles. The molecule has 17 heavy (non-hydrogen) atoms. The van der Waals surface area contributed by atoms with Crippen molar-refractivity contribution in [3.63, 3.8) is 0 Å². The molecular formula is C12H9N3O2. The molecule has 1 aromatic carbocycles. The SMILES string of the molecule is O=C(Nn1cnc2ccccc21)c1ccco1. The molecule has 1 amide bonds. The highest BCUT2D eigenvalue weighted by Crippen LogP contribution is 2.10. The maximum atomic E-state index is 11.8. The van der Waals surface area contributed by atoms with Gasteiger partial charge in [0, 0.05) is 0 Å². The van der Waals surface area contributed by atoms with Crippen molar-refractivity contribution in [2.45, 2.75) is 0 Å². The molecule has 1 N–H and O–H groups in total. The van der Waals surface area contributed by atoms with Crippen LogP contribution in [-0.2, 0) is 0 Å². The van der Waals surface area contributed by atoms with Gasteiger partial charge in [0.1, 0.15) is 6.33 Å². The Kier molecular flexibility index (Phi) is 2.15. The average molecular weight is 227 g/mol. The van der Waals surface area contributed by atoms with E-state index < -0.39 is 0 Å². The molecule has 84 valence electrons. The third-order valence-corrected chi connectivity index (χ3v) is 2.42. The normalized spacial score (nSPS) is 10.6. The maximum absolute atomic E-state index is 11.8. The number of nitrogens with one attached hydrogen (secondary N) is 1. The summed E-state index contributed by atoms with van der Waals surface area (Å²) in [5.74, 6) is -0.0408. The van der Waals surface area contributed by atoms with Crippen molar-refractivity contribution in [1.82, 2.24) is 9.66 Å². The minimum atomic E-state index is -0.307. The van der Waals surface area contributed by atoms with Gasteiger partial charge in [-0.15, -0.1) is 0 Å². The number of aromatic nitrogens is 2. The van der Waals surface area contributed by atoms with Crippen LogP contribution in [0.1, 0.15) is 10.6 Å². The van der Waals surface area contributed by atoms with Gasteiger partial charge in [0.05, 0.1) is 17.3 Å². The lowest BCUT2D eigenvalue weighted by molar-refractivity contribution is 0.0982. The first-order valence-electron chi connectivity index (χ1n) is 5.11. The molecule has 0 radical (unpaired) electrons. The Hall–Kier alpha value is -2.56. The fourth-order valence-corrected chi connectivity index (χ4v) is 1.62. The van der Waals surface area contributed by atoms with Crippen molar-refractivity contribution in [2.75, 3.05) is 5.43 Å². The van der Waals surface area contributed by atoms with Gasteiger partial charge in [0.15, 0.2) is 5.76 Å². The molecule has 0 atom stereocenters. The van der Waals surface area contributed by atoms with E-state index in [-0.39, 0.29) is 11.7 Å². The highest BCUT2D eigenvalue weighted by molar-refractivity contribution is 5.98. The second kappa shape index (κ2) is 3.79. The van der Waals surface area contributed by atoms with Crippen molar-refractivity contribution < 1.29 is 9.21 Å². The number of imidazole rings is 1. The Balaban J connectivity index is 1.93. The Morgan fingerprint density at radius 2 is 2.12 bits per heavy atom. The van der Waals surface area contributed by atoms with Crippen LogP contribution in [0.2, 0.25) is 0 Å². The van der Waals surface area contributed by atoms with Gasteiger partial charge in [0.2, 0.25) is 0 Å². The third kappa shape index (κ3) is 1.67. The predicted octanol–water partition coefficient (Wildman–Crippen LogP) is 2.01. The van der Waals surface area contributed by atoms with E-state index in [4.69, 9.17) is 4.42 Å². The van der Waals surface area contributed by atoms with Crippen molar-refractivity contribution in [2.24, 2.45) is 0 Å². The lowest BCUT2D eigenvalue weighted by Crippen LogP contribution is -2.21. The second-order valence-electron chi connectivity index (χ2n) is 3.52. The van der Waals surface area contributed by atoms with E-state index in [0.717, 1.165) is 11.0 Å². The quantitative estimate of drug-likeness (QED) is 0.728. The third-order valence-electron chi connectivity index (χ3n) is 2.42. The van der Waals surface area contributed by atoms with Gasteiger partial charge >= 0.3 is 5.91 Å². The molecule has 0 unspecified atom stereocenters. The van der Waals surface area contributed by atoms with Crippen LogP contribution in [-0.4, -0.2) is 15.6 Å². The molecule has 5 nitrogen and oxygen atoms in total. The summed E-state index contributed by atoms with van der Waals surface area (Å²) in [4.78, 5) is 15.9. The van der Waals surface area contributed by atoms with Gasteiger partial charge in [-0.1, -0.05) is 12.1 Å². The van der Waals surface area contributed by atoms with Crippen molar-refractivity contribution >= 4 is 16.9 Å². The van der Waals surface area contributed by atoms with Crippen LogP contribution in [0, 0.1) is 0 Å². The zero-order chi connectivity index (χ0) is 11.7. The predicted molar refractivity (Wildman–Crippen MR) is 62.1 cm³/mol. The Morgan fingerprint density at radius 3 is 2.94 bits per heavy atom. The minimum absolute atomic E-state index is 0.266. The van der Waals surface area contributed by atoms with Crippen LogP contribution in [0.4, 0.5) is 0 Å². The Labute approximate surface area is 96.6 Å². The van der Waals surface area contributed by atoms with Gasteiger partial charge in [-0.2, -0.15) is 0 Å². The molecule has 0 aliphatic heterocycles. The number of hydrogen-bond acceptors (Lipinski definition) is 3. The molecule has 0 bridgehead atoms. The van der Waals surface area contributed by atoms with Gasteiger partial charge in [-0.3, -0.25) is 10.2 Å². The van der Waals surface area contributed by atoms with E-state index >= 15 is 0 Å². The molecule has 0 aliphatic carbocycles. The molecule has 0 spiro atoms. The lowest BCUT2D eigenvalue weighted by Gasteiger charge is -2.04. The van der Waals surface area contributed by atoms with Crippen molar-refractivity contribution in [3.8, 4) is 0 Å². The largest absolute Gasteiger partial charge is 0.459 e. The van der Waals surface area contributed by atoms with Crippen LogP contribution in [0.3, 0.4) is 0 Å². The number of benzene rings is 1. The molecule has 2 heterocycles. The van der Waals surface area contributed by atoms with E-state index in [2.05, 4.69) is 10.4 Å². The average Bonchev–Trinajstić information content (AvgIpc) is 2.98. The van der Waals surface area contributed by atoms with Crippen LogP contribution in [0.5, 0.6) is 0 Å². The Bertz CT molecular complexity index is 655. The van der Waals surface area contributed by atoms with E-state index in [9.17, 15) is 4.79 Å². The highest BCUT2D eigenvalue weighted by Gasteiger charge is 2.10. The summed E-state index contributed by atoms with van der Waals surface area (Å²) in [7, 11) is 0. The second-order valence-corrected chi connectivity index (χ2v) is 3.52. The van der Waals surface area contributed by atoms with Crippen LogP contribution < -0.4 is 5.43 Å². The summed E-state index contributed by atoms with van der Waals surface area (Å²) >= 11 is 0. The summed E-state index contributed by atoms with van der Waals surface area (Å²) in [6.07, 6.45) is 3.02. The fourth-order valence-electron chi connectivity index (χ4n) is 1.62. The highest BCUT2D eigenvalue weighted by atomic mass is 16.3. The number of fused-ring (bicyclic) bond motifs is 1. The summed E-state index contributed by atoms with van der Waals surface area (Å²) < 4.78 is 6.58. The summed E-state index contributed by atoms with van der Waals surface area (Å²) in [5, 5.41) is 0. The summed E-state index contributed by atoms with van der Waals surface area (Å²) in [5.41, 5.74) is 4.36. The molecular weight excluding hydrogens is 218 g/mol. The fraction of sp³-hybridized carbons (Fsp3) is 0. The lowest BCUT2D eigenvalue weighted by atomic mass is 10.3. The number of carbonyl (C=O) groups excluding carboxylic acids is 1. The van der Waals surface area contributed by atoms with Crippen molar-refractivity contribution in [3.05, 3.63) is 54.7 Å². The number of para-hydroxylation sites is 2. The number of nitrogens with zero attached hydrogens (tertiary/aromatic N) is 2. The van der Waals surface area contributed by atoms with Crippen LogP contribution >= 0.6 is 0 Å². The minimum Gasteiger partial charge on any atom is -0.459 e. The smallest absolute Gasteiger partial charge is 0.305 e. The van der Waals surface area contributed by atoms with Gasteiger partial charge < -0.3 is 4.42 Å². The van der Waals surface area contributed by atoms with Gasteiger partial charge in [-0.05, 0) is 24.3 Å². The van der Waals surface area contributed by atoms with E-state index in [1.54, 1.807) is 23.1 Å². The monoisotopic (exact) mass is 227 g/mol. The number of carbonyl (C=O) groups is 1. The van der Waals surface area contributed by atoms with Crippen LogP contribution in [0.15, 0.2) is 53.4 Å². The number of furan rings is 1. The van der Waals surface area contributed by atoms with E-state index in [1.165, 1.54) is 6.26 Å². The first kappa shape index (κ1) is 9.65. The van der Waals surface area contributed by atoms with Crippen LogP contribution in [0.25, 0.3) is 11.0 Å². The van der Waals surface area contributed by atoms with Crippen molar-refractivity contribution in [1.29, 1.82) is 0 Å². The first-order valence-corrected chi connectivity index (χ1v) is 5.11. The molecule has 0 aliphatic rings. The van der Waals surface area contributed by atoms with Gasteiger partial charge in [0.25, 0.3) is 0 Å².